The van der Waals surface area contributed by atoms with E-state index in [2.05, 4.69) is 28.7 Å². The molecule has 18 nitrogen and oxygen atoms in total. The van der Waals surface area contributed by atoms with Crippen LogP contribution in [0.15, 0.2) is 122 Å². The van der Waals surface area contributed by atoms with Crippen molar-refractivity contribution >= 4 is 82.1 Å². The quantitative estimate of drug-likeness (QED) is 0.0439. The molecule has 4 aromatic carbocycles. The number of alkyl halides is 1. The van der Waals surface area contributed by atoms with Gasteiger partial charge in [-0.25, -0.2) is 27.2 Å². The summed E-state index contributed by atoms with van der Waals surface area (Å²) in [5.74, 6) is -0.872. The fourth-order valence-electron chi connectivity index (χ4n) is 9.00. The van der Waals surface area contributed by atoms with E-state index in [4.69, 9.17) is 32.7 Å². The highest BCUT2D eigenvalue weighted by Gasteiger charge is 2.27. The van der Waals surface area contributed by atoms with Gasteiger partial charge in [0.15, 0.2) is 23.1 Å². The molecular weight excluding hydrogens is 1270 g/mol. The van der Waals surface area contributed by atoms with Crippen molar-refractivity contribution < 1.29 is 65.4 Å². The SMILES string of the molecule is C=CC(=O)Cl.C=CC(=O)N1CCN(CC(=O)Cc2ccc(F)cc2)CC1.CC(C)(C)OC(=O)N1CCN(CC(=O)Cc2ccc(F)cc2)CC1.CC(C)(C)OC(=O)N1CCNCC1.Cl.O=C(CCl)Cc1ccc(F)cc1.O=C(Cc1ccc(F)cc1)CN1CCNCC1. The second-order valence-corrected chi connectivity index (χ2v) is 24.4. The van der Waals surface area contributed by atoms with Crippen molar-refractivity contribution in [1.29, 1.82) is 0 Å². The van der Waals surface area contributed by atoms with Crippen LogP contribution in [-0.4, -0.2) is 217 Å². The molecule has 4 aromatic rings. The summed E-state index contributed by atoms with van der Waals surface area (Å²) in [4.78, 5) is 103. The lowest BCUT2D eigenvalue weighted by Gasteiger charge is -2.35. The van der Waals surface area contributed by atoms with Gasteiger partial charge < -0.3 is 34.8 Å². The van der Waals surface area contributed by atoms with Gasteiger partial charge in [0.25, 0.3) is 0 Å². The van der Waals surface area contributed by atoms with Crippen molar-refractivity contribution in [3.63, 3.8) is 0 Å². The maximum atomic E-state index is 12.9. The molecule has 0 radical (unpaired) electrons. The molecule has 0 bridgehead atoms. The summed E-state index contributed by atoms with van der Waals surface area (Å²) >= 11 is 10.0. The summed E-state index contributed by atoms with van der Waals surface area (Å²) < 4.78 is 61.3. The predicted molar refractivity (Wildman–Crippen MR) is 357 cm³/mol. The summed E-state index contributed by atoms with van der Waals surface area (Å²) in [6, 6.07) is 23.9. The minimum Gasteiger partial charge on any atom is -0.444 e. The molecule has 3 amide bonds. The summed E-state index contributed by atoms with van der Waals surface area (Å²) in [7, 11) is 0. The number of ketones is 4. The highest BCUT2D eigenvalue weighted by molar-refractivity contribution is 6.66. The normalized spacial score (nSPS) is 15.0. The summed E-state index contributed by atoms with van der Waals surface area (Å²) in [6.45, 7) is 30.9. The fourth-order valence-corrected chi connectivity index (χ4v) is 9.09. The van der Waals surface area contributed by atoms with Crippen LogP contribution >= 0.6 is 35.6 Å². The molecule has 0 saturated carbocycles. The minimum absolute atomic E-state index is 0. The van der Waals surface area contributed by atoms with E-state index < -0.39 is 10.8 Å². The van der Waals surface area contributed by atoms with Crippen LogP contribution in [0.4, 0.5) is 27.2 Å². The van der Waals surface area contributed by atoms with Gasteiger partial charge in [-0.15, -0.1) is 24.0 Å². The maximum Gasteiger partial charge on any atom is 0.410 e. The Morgan fingerprint density at radius 2 is 0.688 bits per heavy atom. The number of allylic oxidation sites excluding steroid dienone is 1. The number of nitrogens with zero attached hydrogens (tertiary/aromatic N) is 6. The van der Waals surface area contributed by atoms with Gasteiger partial charge in [0.05, 0.1) is 25.5 Å². The van der Waals surface area contributed by atoms with E-state index in [0.29, 0.717) is 91.3 Å². The van der Waals surface area contributed by atoms with Gasteiger partial charge in [-0.05, 0) is 136 Å². The van der Waals surface area contributed by atoms with E-state index >= 15 is 0 Å². The number of hydrogen-bond acceptors (Lipinski definition) is 15. The molecule has 0 aliphatic carbocycles. The smallest absolute Gasteiger partial charge is 0.410 e. The van der Waals surface area contributed by atoms with Crippen molar-refractivity contribution in [2.24, 2.45) is 0 Å². The highest BCUT2D eigenvalue weighted by Crippen LogP contribution is 2.15. The van der Waals surface area contributed by atoms with Crippen LogP contribution in [0.25, 0.3) is 0 Å². The number of benzene rings is 4. The number of carbonyl (C=O) groups is 8. The number of hydrogen-bond donors (Lipinski definition) is 2. The minimum atomic E-state index is -0.509. The number of nitrogens with one attached hydrogen (secondary N) is 2. The van der Waals surface area contributed by atoms with Crippen molar-refractivity contribution in [3.8, 4) is 0 Å². The summed E-state index contributed by atoms with van der Waals surface area (Å²) in [5.41, 5.74) is 2.42. The van der Waals surface area contributed by atoms with Crippen LogP contribution in [0, 0.1) is 23.3 Å². The van der Waals surface area contributed by atoms with E-state index in [1.54, 1.807) is 63.2 Å². The van der Waals surface area contributed by atoms with Crippen LogP contribution < -0.4 is 10.6 Å². The first kappa shape index (κ1) is 82.2. The first-order valence-electron chi connectivity index (χ1n) is 30.4. The predicted octanol–water partition coefficient (Wildman–Crippen LogP) is 8.96. The van der Waals surface area contributed by atoms with E-state index in [1.165, 1.54) is 54.6 Å². The van der Waals surface area contributed by atoms with E-state index in [9.17, 15) is 55.9 Å². The average molecular weight is 1360 g/mol. The van der Waals surface area contributed by atoms with E-state index in [-0.39, 0.29) is 94.8 Å². The van der Waals surface area contributed by atoms with Crippen LogP contribution in [0.1, 0.15) is 63.8 Å². The molecule has 8 rings (SSSR count). The van der Waals surface area contributed by atoms with Gasteiger partial charge in [0, 0.05) is 130 Å². The Labute approximate surface area is 561 Å². The van der Waals surface area contributed by atoms with Gasteiger partial charge in [0.2, 0.25) is 11.1 Å². The third-order valence-electron chi connectivity index (χ3n) is 13.6. The lowest BCUT2D eigenvalue weighted by molar-refractivity contribution is -0.128. The summed E-state index contributed by atoms with van der Waals surface area (Å²) in [6.07, 6.45) is 3.14. The third kappa shape index (κ3) is 37.6. The third-order valence-corrected chi connectivity index (χ3v) is 14.1. The zero-order valence-corrected chi connectivity index (χ0v) is 56.5. The van der Waals surface area contributed by atoms with Gasteiger partial charge in [-0.2, -0.15) is 0 Å². The molecule has 4 aliphatic heterocycles. The molecular formula is C68H91Cl3F4N8O10. The molecule has 4 aliphatic rings. The Kier molecular flexibility index (Phi) is 38.8. The Morgan fingerprint density at radius 3 is 0.957 bits per heavy atom. The van der Waals surface area contributed by atoms with Gasteiger partial charge in [-0.3, -0.25) is 43.5 Å². The van der Waals surface area contributed by atoms with Gasteiger partial charge in [0.1, 0.15) is 34.5 Å². The van der Waals surface area contributed by atoms with E-state index in [0.717, 1.165) is 80.7 Å². The van der Waals surface area contributed by atoms with Crippen LogP contribution in [0.3, 0.4) is 0 Å². The molecule has 0 aromatic heterocycles. The Morgan fingerprint density at radius 1 is 0.430 bits per heavy atom. The fraction of sp³-hybridized carbons (Fsp3) is 0.471. The molecule has 512 valence electrons. The van der Waals surface area contributed by atoms with Crippen LogP contribution in [0.5, 0.6) is 0 Å². The largest absolute Gasteiger partial charge is 0.444 e. The molecule has 4 heterocycles. The number of Topliss-reactive ketones (excluding diaryl/α,β-unsaturated/α-hetero) is 4. The second kappa shape index (κ2) is 43.9. The van der Waals surface area contributed by atoms with Crippen molar-refractivity contribution in [2.75, 3.05) is 130 Å². The molecule has 0 atom stereocenters. The Hall–Kier alpha value is -6.89. The average Bonchev–Trinajstić information content (AvgIpc) is 1.78. The number of amides is 3. The molecule has 93 heavy (non-hydrogen) atoms. The topological polar surface area (TPSA) is 199 Å². The first-order valence-corrected chi connectivity index (χ1v) is 31.3. The molecule has 25 heteroatoms. The second-order valence-electron chi connectivity index (χ2n) is 23.8. The van der Waals surface area contributed by atoms with Crippen LogP contribution in [-0.2, 0) is 63.9 Å². The monoisotopic (exact) mass is 1360 g/mol. The van der Waals surface area contributed by atoms with Crippen molar-refractivity contribution in [3.05, 3.63) is 168 Å². The zero-order valence-electron chi connectivity index (χ0n) is 54.2. The number of rotatable bonds is 17. The Bertz CT molecular complexity index is 2950. The number of ether oxygens (including phenoxy) is 2. The van der Waals surface area contributed by atoms with Crippen molar-refractivity contribution in [1.82, 2.24) is 40.0 Å². The Balaban J connectivity index is 0.000000395. The zero-order chi connectivity index (χ0) is 68.2. The molecule has 2 N–H and O–H groups in total. The van der Waals surface area contributed by atoms with Crippen LogP contribution in [0.2, 0.25) is 0 Å². The van der Waals surface area contributed by atoms with E-state index in [1.807, 2.05) is 51.3 Å². The van der Waals surface area contributed by atoms with Gasteiger partial charge >= 0.3 is 12.2 Å². The van der Waals surface area contributed by atoms with Gasteiger partial charge in [-0.1, -0.05) is 61.7 Å². The lowest BCUT2D eigenvalue weighted by atomic mass is 10.1. The number of halogens is 7. The molecule has 0 spiro atoms. The highest BCUT2D eigenvalue weighted by atomic mass is 35.5. The first-order chi connectivity index (χ1) is 43.5. The molecule has 4 fully saturated rings. The standard InChI is InChI=1S/C18H25FN2O3.C16H19FN2O2.C13H17FN2O.C9H8ClFO.C9H18N2O2.C3H3ClO.ClH/c1-18(2,3)24-17(23)21-10-8-20(9-11-21)13-16(22)12-14-4-6-15(19)7-5-14;1-2-16(21)19-9-7-18(8-10-19)12-15(20)11-13-3-5-14(17)6-4-13;14-12-3-1-11(2-4-12)9-13(17)10-16-7-5-15-6-8-16;10-6-9(12)5-7-1-3-8(11)4-2-7;1-9(2,3)13-8(12)11-6-4-10-5-7-11;1-2-3(4)5;/h4-7H,8-13H2,1-3H3;2-6H,1,7-12H2;1-4,15H,5-10H2;1-4H,5-6H2;10H,4-7H2,1-3H3;2H,1H2;1H. The maximum absolute atomic E-state index is 12.9. The number of piperazine rings is 4. The number of carbonyl (C=O) groups excluding carboxylic acids is 8. The molecule has 4 saturated heterocycles. The molecule has 0 unspecified atom stereocenters. The lowest BCUT2D eigenvalue weighted by Crippen LogP contribution is -2.51. The summed E-state index contributed by atoms with van der Waals surface area (Å²) in [5, 5.41) is 5.92. The van der Waals surface area contributed by atoms with Crippen molar-refractivity contribution in [2.45, 2.75) is 78.4 Å².